The maximum Gasteiger partial charge on any atom is 0.319 e. The van der Waals surface area contributed by atoms with Crippen molar-refractivity contribution in [3.05, 3.63) is 24.3 Å². The molecule has 1 rings (SSSR count). The van der Waals surface area contributed by atoms with Crippen molar-refractivity contribution in [3.63, 3.8) is 0 Å². The summed E-state index contributed by atoms with van der Waals surface area (Å²) < 4.78 is 5.03. The summed E-state index contributed by atoms with van der Waals surface area (Å²) >= 11 is 0. The first kappa shape index (κ1) is 15.8. The van der Waals surface area contributed by atoms with Crippen LogP contribution in [0.4, 0.5) is 10.5 Å². The molecule has 0 saturated heterocycles. The first-order chi connectivity index (χ1) is 9.56. The van der Waals surface area contributed by atoms with Crippen LogP contribution in [0.3, 0.4) is 0 Å². The van der Waals surface area contributed by atoms with E-state index in [0.717, 1.165) is 6.42 Å². The Hall–Kier alpha value is -2.24. The number of carbonyl (C=O) groups excluding carboxylic acids is 2. The molecule has 20 heavy (non-hydrogen) atoms. The lowest BCUT2D eigenvalue weighted by atomic mass is 10.3. The number of hydrogen-bond donors (Lipinski definition) is 3. The maximum atomic E-state index is 11.7. The van der Waals surface area contributed by atoms with Crippen LogP contribution in [0.25, 0.3) is 0 Å². The number of urea groups is 1. The molecule has 6 heteroatoms. The van der Waals surface area contributed by atoms with Crippen LogP contribution >= 0.6 is 0 Å². The molecule has 0 fully saturated rings. The van der Waals surface area contributed by atoms with Crippen LogP contribution in [-0.2, 0) is 4.79 Å². The zero-order chi connectivity index (χ0) is 15.0. The summed E-state index contributed by atoms with van der Waals surface area (Å²) in [6, 6.07) is 5.93. The minimum absolute atomic E-state index is 0.197. The van der Waals surface area contributed by atoms with Crippen molar-refractivity contribution in [1.82, 2.24) is 10.6 Å². The number of amides is 3. The Labute approximate surface area is 118 Å². The predicted molar refractivity (Wildman–Crippen MR) is 77.9 cm³/mol. The Balaban J connectivity index is 2.44. The third-order valence-electron chi connectivity index (χ3n) is 2.64. The molecule has 0 aliphatic carbocycles. The van der Waals surface area contributed by atoms with E-state index in [9.17, 15) is 9.59 Å². The summed E-state index contributed by atoms with van der Waals surface area (Å²) in [6.07, 6.45) is 0.858. The van der Waals surface area contributed by atoms with E-state index in [0.29, 0.717) is 18.0 Å². The van der Waals surface area contributed by atoms with E-state index in [2.05, 4.69) is 16.0 Å². The van der Waals surface area contributed by atoms with Gasteiger partial charge in [-0.05, 0) is 37.6 Å². The van der Waals surface area contributed by atoms with Crippen molar-refractivity contribution in [1.29, 1.82) is 0 Å². The molecule has 0 saturated carbocycles. The fourth-order valence-electron chi connectivity index (χ4n) is 1.51. The van der Waals surface area contributed by atoms with Crippen LogP contribution in [0.2, 0.25) is 0 Å². The Bertz CT molecular complexity index is 445. The van der Waals surface area contributed by atoms with Gasteiger partial charge < -0.3 is 20.7 Å². The largest absolute Gasteiger partial charge is 0.497 e. The highest BCUT2D eigenvalue weighted by molar-refractivity contribution is 5.93. The predicted octanol–water partition coefficient (Wildman–Crippen LogP) is 1.73. The molecule has 1 aromatic rings. The molecule has 0 bridgehead atoms. The Morgan fingerprint density at radius 1 is 1.25 bits per heavy atom. The Kier molecular flexibility index (Phi) is 6.36. The van der Waals surface area contributed by atoms with Crippen LogP contribution in [0.1, 0.15) is 20.3 Å². The van der Waals surface area contributed by atoms with Gasteiger partial charge in [-0.15, -0.1) is 0 Å². The second-order valence-electron chi connectivity index (χ2n) is 4.34. The van der Waals surface area contributed by atoms with Crippen molar-refractivity contribution in [2.75, 3.05) is 19.0 Å². The summed E-state index contributed by atoms with van der Waals surface area (Å²) in [6.45, 7) is 4.21. The Morgan fingerprint density at radius 2 is 1.90 bits per heavy atom. The highest BCUT2D eigenvalue weighted by Crippen LogP contribution is 2.14. The molecule has 3 amide bonds. The number of hydrogen-bond acceptors (Lipinski definition) is 3. The van der Waals surface area contributed by atoms with Crippen molar-refractivity contribution >= 4 is 17.6 Å². The first-order valence-corrected chi connectivity index (χ1v) is 6.56. The first-order valence-electron chi connectivity index (χ1n) is 6.56. The molecule has 0 spiro atoms. The summed E-state index contributed by atoms with van der Waals surface area (Å²) in [5, 5.41) is 7.94. The fraction of sp³-hybridized carbons (Fsp3) is 0.429. The van der Waals surface area contributed by atoms with Gasteiger partial charge >= 0.3 is 6.03 Å². The third-order valence-corrected chi connectivity index (χ3v) is 2.64. The van der Waals surface area contributed by atoms with Crippen LogP contribution < -0.4 is 20.7 Å². The monoisotopic (exact) mass is 279 g/mol. The van der Waals surface area contributed by atoms with Gasteiger partial charge in [0.2, 0.25) is 5.91 Å². The zero-order valence-electron chi connectivity index (χ0n) is 12.0. The lowest BCUT2D eigenvalue weighted by Gasteiger charge is -2.14. The molecule has 0 aliphatic rings. The molecule has 0 aliphatic heterocycles. The van der Waals surface area contributed by atoms with Crippen LogP contribution in [0.15, 0.2) is 24.3 Å². The van der Waals surface area contributed by atoms with Gasteiger partial charge in [0.15, 0.2) is 0 Å². The molecule has 110 valence electrons. The zero-order valence-corrected chi connectivity index (χ0v) is 12.0. The van der Waals surface area contributed by atoms with E-state index in [4.69, 9.17) is 4.74 Å². The van der Waals surface area contributed by atoms with Gasteiger partial charge in [0.25, 0.3) is 0 Å². The second-order valence-corrected chi connectivity index (χ2v) is 4.34. The van der Waals surface area contributed by atoms with Crippen LogP contribution in [-0.4, -0.2) is 31.6 Å². The minimum atomic E-state index is -0.584. The molecular formula is C14H21N3O3. The normalized spacial score (nSPS) is 11.3. The number of nitrogens with one attached hydrogen (secondary N) is 3. The lowest BCUT2D eigenvalue weighted by molar-refractivity contribution is -0.122. The van der Waals surface area contributed by atoms with Crippen molar-refractivity contribution in [2.45, 2.75) is 26.3 Å². The number of anilines is 1. The molecule has 0 unspecified atom stereocenters. The number of benzene rings is 1. The van der Waals surface area contributed by atoms with E-state index < -0.39 is 12.1 Å². The number of ether oxygens (including phenoxy) is 1. The minimum Gasteiger partial charge on any atom is -0.497 e. The standard InChI is InChI=1S/C14H21N3O3/c1-4-9-15-13(18)10(2)16-14(19)17-11-5-7-12(20-3)8-6-11/h5-8,10H,4,9H2,1-3H3,(H,15,18)(H2,16,17,19)/t10-/m1/s1. The summed E-state index contributed by atoms with van der Waals surface area (Å²) in [5.74, 6) is 0.514. The van der Waals surface area contributed by atoms with Gasteiger partial charge in [-0.1, -0.05) is 6.92 Å². The van der Waals surface area contributed by atoms with E-state index >= 15 is 0 Å². The van der Waals surface area contributed by atoms with Gasteiger partial charge in [0.1, 0.15) is 11.8 Å². The van der Waals surface area contributed by atoms with Crippen LogP contribution in [0.5, 0.6) is 5.75 Å². The molecule has 3 N–H and O–H groups in total. The molecule has 0 aromatic heterocycles. The average molecular weight is 279 g/mol. The summed E-state index contributed by atoms with van der Waals surface area (Å²) in [7, 11) is 1.58. The van der Waals surface area contributed by atoms with Crippen molar-refractivity contribution < 1.29 is 14.3 Å². The van der Waals surface area contributed by atoms with Gasteiger partial charge in [0.05, 0.1) is 7.11 Å². The average Bonchev–Trinajstić information content (AvgIpc) is 2.45. The molecule has 6 nitrogen and oxygen atoms in total. The number of methoxy groups -OCH3 is 1. The number of rotatable bonds is 6. The molecule has 1 atom stereocenters. The highest BCUT2D eigenvalue weighted by atomic mass is 16.5. The summed E-state index contributed by atoms with van der Waals surface area (Å²) in [4.78, 5) is 23.3. The molecule has 0 radical (unpaired) electrons. The van der Waals surface area contributed by atoms with Gasteiger partial charge in [-0.3, -0.25) is 4.79 Å². The third kappa shape index (κ3) is 5.17. The quantitative estimate of drug-likeness (QED) is 0.742. The fourth-order valence-corrected chi connectivity index (χ4v) is 1.51. The SMILES string of the molecule is CCCNC(=O)[C@@H](C)NC(=O)Nc1ccc(OC)cc1. The summed E-state index contributed by atoms with van der Waals surface area (Å²) in [5.41, 5.74) is 0.629. The Morgan fingerprint density at radius 3 is 2.45 bits per heavy atom. The van der Waals surface area contributed by atoms with Gasteiger partial charge in [-0.25, -0.2) is 4.79 Å². The van der Waals surface area contributed by atoms with E-state index in [1.807, 2.05) is 6.92 Å². The molecular weight excluding hydrogens is 258 g/mol. The lowest BCUT2D eigenvalue weighted by Crippen LogP contribution is -2.46. The van der Waals surface area contributed by atoms with Crippen molar-refractivity contribution in [2.24, 2.45) is 0 Å². The topological polar surface area (TPSA) is 79.5 Å². The van der Waals surface area contributed by atoms with E-state index in [1.54, 1.807) is 38.3 Å². The van der Waals surface area contributed by atoms with Crippen LogP contribution in [0, 0.1) is 0 Å². The molecule has 1 aromatic carbocycles. The van der Waals surface area contributed by atoms with E-state index in [-0.39, 0.29) is 5.91 Å². The van der Waals surface area contributed by atoms with Gasteiger partial charge in [-0.2, -0.15) is 0 Å². The smallest absolute Gasteiger partial charge is 0.319 e. The van der Waals surface area contributed by atoms with Gasteiger partial charge in [0, 0.05) is 12.2 Å². The highest BCUT2D eigenvalue weighted by Gasteiger charge is 2.14. The maximum absolute atomic E-state index is 11.7. The van der Waals surface area contributed by atoms with E-state index in [1.165, 1.54) is 0 Å². The molecule has 0 heterocycles. The van der Waals surface area contributed by atoms with Crippen molar-refractivity contribution in [3.8, 4) is 5.75 Å². The number of carbonyl (C=O) groups is 2. The second kappa shape index (κ2) is 8.04.